The van der Waals surface area contributed by atoms with E-state index in [4.69, 9.17) is 4.74 Å². The molecule has 2 aliphatic rings. The zero-order valence-electron chi connectivity index (χ0n) is 16.4. The Morgan fingerprint density at radius 3 is 2.07 bits per heavy atom. The van der Waals surface area contributed by atoms with Crippen LogP contribution in [0, 0.1) is 0 Å². The van der Waals surface area contributed by atoms with Gasteiger partial charge in [0, 0.05) is 25.2 Å². The molecule has 158 valence electrons. The predicted octanol–water partition coefficient (Wildman–Crippen LogP) is 0.860. The summed E-state index contributed by atoms with van der Waals surface area (Å²) in [6, 6.07) is 5.42. The van der Waals surface area contributed by atoms with E-state index in [1.807, 2.05) is 14.1 Å². The molecule has 1 aromatic rings. The fraction of sp³-hybridized carbons (Fsp3) is 0.667. The third-order valence-electron chi connectivity index (χ3n) is 5.82. The van der Waals surface area contributed by atoms with Crippen molar-refractivity contribution in [1.29, 1.82) is 0 Å². The third kappa shape index (κ3) is 4.42. The van der Waals surface area contributed by atoms with Crippen LogP contribution in [0.5, 0.6) is 0 Å². The zero-order chi connectivity index (χ0) is 20.4. The number of ether oxygens (including phenoxy) is 1. The Labute approximate surface area is 168 Å². The molecule has 2 fully saturated rings. The minimum Gasteiger partial charge on any atom is -0.379 e. The van der Waals surface area contributed by atoms with Crippen molar-refractivity contribution in [2.75, 3.05) is 46.9 Å². The van der Waals surface area contributed by atoms with Gasteiger partial charge in [0.25, 0.3) is 0 Å². The van der Waals surface area contributed by atoms with Gasteiger partial charge in [-0.15, -0.1) is 0 Å². The maximum Gasteiger partial charge on any atom is 0.243 e. The smallest absolute Gasteiger partial charge is 0.243 e. The number of sulfonamides is 2. The number of hydrogen-bond acceptors (Lipinski definition) is 6. The van der Waals surface area contributed by atoms with Gasteiger partial charge in [0.2, 0.25) is 20.0 Å². The van der Waals surface area contributed by atoms with Gasteiger partial charge < -0.3 is 9.64 Å². The van der Waals surface area contributed by atoms with Crippen molar-refractivity contribution in [3.8, 4) is 0 Å². The molecule has 0 bridgehead atoms. The van der Waals surface area contributed by atoms with Crippen molar-refractivity contribution in [2.45, 2.75) is 41.0 Å². The molecule has 1 saturated heterocycles. The molecule has 0 atom stereocenters. The maximum atomic E-state index is 12.7. The van der Waals surface area contributed by atoms with Crippen LogP contribution in [0.15, 0.2) is 34.1 Å². The van der Waals surface area contributed by atoms with Gasteiger partial charge in [0.05, 0.1) is 23.0 Å². The number of nitrogens with zero attached hydrogens (tertiary/aromatic N) is 2. The Morgan fingerprint density at radius 1 is 1.00 bits per heavy atom. The van der Waals surface area contributed by atoms with Crippen LogP contribution in [-0.2, 0) is 24.8 Å². The molecule has 1 heterocycles. The van der Waals surface area contributed by atoms with Crippen molar-refractivity contribution in [3.63, 3.8) is 0 Å². The summed E-state index contributed by atoms with van der Waals surface area (Å²) in [4.78, 5) is 2.26. The molecule has 1 N–H and O–H groups in total. The first-order valence-corrected chi connectivity index (χ1v) is 12.4. The van der Waals surface area contributed by atoms with Crippen molar-refractivity contribution >= 4 is 20.0 Å². The topological polar surface area (TPSA) is 96.0 Å². The Kier molecular flexibility index (Phi) is 6.48. The fourth-order valence-electron chi connectivity index (χ4n) is 3.85. The normalized spacial score (nSPS) is 21.2. The molecule has 1 aliphatic carbocycles. The van der Waals surface area contributed by atoms with Crippen LogP contribution < -0.4 is 4.72 Å². The third-order valence-corrected chi connectivity index (χ3v) is 9.15. The SMILES string of the molecule is CN(C)C1(CNS(=O)(=O)c2ccc(S(=O)(=O)N3CCOCC3)cc2)CCCC1. The molecule has 0 spiro atoms. The second-order valence-corrected chi connectivity index (χ2v) is 11.3. The molecule has 10 heteroatoms. The average Bonchev–Trinajstić information content (AvgIpc) is 3.18. The van der Waals surface area contributed by atoms with Crippen LogP contribution in [0.4, 0.5) is 0 Å². The van der Waals surface area contributed by atoms with E-state index in [0.29, 0.717) is 32.8 Å². The minimum atomic E-state index is -3.71. The van der Waals surface area contributed by atoms with Crippen LogP contribution in [0.1, 0.15) is 25.7 Å². The number of hydrogen-bond donors (Lipinski definition) is 1. The molecule has 1 aromatic carbocycles. The first-order valence-electron chi connectivity index (χ1n) is 9.53. The van der Waals surface area contributed by atoms with E-state index in [1.165, 1.54) is 28.6 Å². The van der Waals surface area contributed by atoms with Gasteiger partial charge in [-0.25, -0.2) is 21.6 Å². The van der Waals surface area contributed by atoms with Gasteiger partial charge in [-0.1, -0.05) is 12.8 Å². The predicted molar refractivity (Wildman–Crippen MR) is 106 cm³/mol. The lowest BCUT2D eigenvalue weighted by atomic mass is 9.97. The van der Waals surface area contributed by atoms with Crippen molar-refractivity contribution in [3.05, 3.63) is 24.3 Å². The lowest BCUT2D eigenvalue weighted by Gasteiger charge is -2.36. The monoisotopic (exact) mass is 431 g/mol. The van der Waals surface area contributed by atoms with E-state index in [1.54, 1.807) is 0 Å². The summed E-state index contributed by atoms with van der Waals surface area (Å²) in [6.45, 7) is 1.68. The van der Waals surface area contributed by atoms with Gasteiger partial charge in [-0.05, 0) is 51.2 Å². The summed E-state index contributed by atoms with van der Waals surface area (Å²) < 4.78 is 60.0. The molecular formula is C18H29N3O5S2. The quantitative estimate of drug-likeness (QED) is 0.688. The Bertz CT molecular complexity index is 870. The fourth-order valence-corrected chi connectivity index (χ4v) is 6.38. The summed E-state index contributed by atoms with van der Waals surface area (Å²) in [5.74, 6) is 0. The van der Waals surface area contributed by atoms with E-state index in [-0.39, 0.29) is 15.3 Å². The van der Waals surface area contributed by atoms with E-state index in [0.717, 1.165) is 25.7 Å². The van der Waals surface area contributed by atoms with Crippen molar-refractivity contribution < 1.29 is 21.6 Å². The van der Waals surface area contributed by atoms with Gasteiger partial charge >= 0.3 is 0 Å². The van der Waals surface area contributed by atoms with Crippen LogP contribution in [0.25, 0.3) is 0 Å². The second-order valence-electron chi connectivity index (χ2n) is 7.64. The van der Waals surface area contributed by atoms with Crippen LogP contribution in [-0.4, -0.2) is 78.5 Å². The molecule has 1 saturated carbocycles. The number of rotatable bonds is 7. The Balaban J connectivity index is 1.73. The largest absolute Gasteiger partial charge is 0.379 e. The van der Waals surface area contributed by atoms with Crippen LogP contribution in [0.3, 0.4) is 0 Å². The molecule has 28 heavy (non-hydrogen) atoms. The highest BCUT2D eigenvalue weighted by molar-refractivity contribution is 7.89. The molecule has 0 amide bonds. The highest BCUT2D eigenvalue weighted by Gasteiger charge is 2.37. The van der Waals surface area contributed by atoms with E-state index in [9.17, 15) is 16.8 Å². The maximum absolute atomic E-state index is 12.7. The number of nitrogens with one attached hydrogen (secondary N) is 1. The summed E-state index contributed by atoms with van der Waals surface area (Å²) >= 11 is 0. The molecule has 8 nitrogen and oxygen atoms in total. The van der Waals surface area contributed by atoms with Crippen LogP contribution in [0.2, 0.25) is 0 Å². The van der Waals surface area contributed by atoms with Crippen molar-refractivity contribution in [2.24, 2.45) is 0 Å². The van der Waals surface area contributed by atoms with Gasteiger partial charge in [-0.2, -0.15) is 4.31 Å². The van der Waals surface area contributed by atoms with Gasteiger partial charge in [-0.3, -0.25) is 0 Å². The summed E-state index contributed by atoms with van der Waals surface area (Å²) in [5, 5.41) is 0. The molecule has 0 radical (unpaired) electrons. The van der Waals surface area contributed by atoms with Crippen molar-refractivity contribution in [1.82, 2.24) is 13.9 Å². The Morgan fingerprint density at radius 2 is 1.54 bits per heavy atom. The molecule has 1 aliphatic heterocycles. The van der Waals surface area contributed by atoms with E-state index < -0.39 is 20.0 Å². The Hall–Kier alpha value is -1.04. The standard InChI is InChI=1S/C18H29N3O5S2/c1-20(2)18(9-3-4-10-18)15-19-27(22,23)16-5-7-17(8-6-16)28(24,25)21-11-13-26-14-12-21/h5-8,19H,3-4,9-15H2,1-2H3. The van der Waals surface area contributed by atoms with Crippen LogP contribution >= 0.6 is 0 Å². The number of benzene rings is 1. The van der Waals surface area contributed by atoms with E-state index >= 15 is 0 Å². The van der Waals surface area contributed by atoms with E-state index in [2.05, 4.69) is 9.62 Å². The first-order chi connectivity index (χ1) is 13.2. The molecular weight excluding hydrogens is 402 g/mol. The highest BCUT2D eigenvalue weighted by atomic mass is 32.2. The van der Waals surface area contributed by atoms with Gasteiger partial charge in [0.15, 0.2) is 0 Å². The highest BCUT2D eigenvalue weighted by Crippen LogP contribution is 2.33. The molecule has 3 rings (SSSR count). The summed E-state index contributed by atoms with van der Waals surface area (Å²) in [5.41, 5.74) is -0.160. The second kappa shape index (κ2) is 8.37. The van der Waals surface area contributed by atoms with Gasteiger partial charge in [0.1, 0.15) is 0 Å². The lowest BCUT2D eigenvalue weighted by Crippen LogP contribution is -2.50. The number of likely N-dealkylation sites (N-methyl/N-ethyl adjacent to an activating group) is 1. The molecule has 0 unspecified atom stereocenters. The average molecular weight is 432 g/mol. The summed E-state index contributed by atoms with van der Waals surface area (Å²) in [6.07, 6.45) is 4.10. The summed E-state index contributed by atoms with van der Waals surface area (Å²) in [7, 11) is -3.40. The lowest BCUT2D eigenvalue weighted by molar-refractivity contribution is 0.0730. The first kappa shape index (κ1) is 21.7. The molecule has 0 aromatic heterocycles. The zero-order valence-corrected chi connectivity index (χ0v) is 18.1. The minimum absolute atomic E-state index is 0.0698. The number of morpholine rings is 1.